The molecule has 0 amide bonds. The molecule has 0 bridgehead atoms. The molecule has 2 aromatic rings. The summed E-state index contributed by atoms with van der Waals surface area (Å²) in [4.78, 5) is 10.2. The minimum atomic E-state index is -3.76. The Kier molecular flexibility index (Phi) is 6.02. The fourth-order valence-corrected chi connectivity index (χ4v) is 3.69. The van der Waals surface area contributed by atoms with Crippen LogP contribution >= 0.6 is 0 Å². The van der Waals surface area contributed by atoms with Gasteiger partial charge < -0.3 is 5.73 Å². The van der Waals surface area contributed by atoms with Gasteiger partial charge in [0.1, 0.15) is 0 Å². The van der Waals surface area contributed by atoms with Gasteiger partial charge in [-0.1, -0.05) is 30.3 Å². The van der Waals surface area contributed by atoms with Crippen LogP contribution in [0.25, 0.3) is 0 Å². The minimum Gasteiger partial charge on any atom is -0.330 e. The Morgan fingerprint density at radius 3 is 2.21 bits per heavy atom. The summed E-state index contributed by atoms with van der Waals surface area (Å²) >= 11 is 0. The zero-order valence-corrected chi connectivity index (χ0v) is 13.9. The van der Waals surface area contributed by atoms with Crippen molar-refractivity contribution in [1.82, 2.24) is 4.31 Å². The van der Waals surface area contributed by atoms with Crippen molar-refractivity contribution in [3.63, 3.8) is 0 Å². The Hall–Kier alpha value is -2.29. The molecule has 0 unspecified atom stereocenters. The lowest BCUT2D eigenvalue weighted by Gasteiger charge is -2.22. The fourth-order valence-electron chi connectivity index (χ4n) is 2.23. The first-order valence-electron chi connectivity index (χ1n) is 7.44. The van der Waals surface area contributed by atoms with E-state index in [1.807, 2.05) is 30.3 Å². The van der Waals surface area contributed by atoms with Gasteiger partial charge in [-0.05, 0) is 30.7 Å². The van der Waals surface area contributed by atoms with Crippen molar-refractivity contribution >= 4 is 15.7 Å². The van der Waals surface area contributed by atoms with E-state index in [1.165, 1.54) is 28.6 Å². The highest BCUT2D eigenvalue weighted by Crippen LogP contribution is 2.21. The van der Waals surface area contributed by atoms with E-state index in [9.17, 15) is 18.5 Å². The number of hydrogen-bond donors (Lipinski definition) is 1. The second-order valence-corrected chi connectivity index (χ2v) is 7.16. The third-order valence-electron chi connectivity index (χ3n) is 3.50. The summed E-state index contributed by atoms with van der Waals surface area (Å²) < 4.78 is 27.0. The van der Waals surface area contributed by atoms with Gasteiger partial charge >= 0.3 is 0 Å². The number of benzene rings is 2. The Morgan fingerprint density at radius 2 is 1.67 bits per heavy atom. The molecule has 128 valence electrons. The van der Waals surface area contributed by atoms with Crippen LogP contribution in [-0.4, -0.2) is 30.7 Å². The summed E-state index contributed by atoms with van der Waals surface area (Å²) in [5.41, 5.74) is 6.22. The smallest absolute Gasteiger partial charge is 0.269 e. The molecule has 7 nitrogen and oxygen atoms in total. The summed E-state index contributed by atoms with van der Waals surface area (Å²) in [6.07, 6.45) is 0.527. The van der Waals surface area contributed by atoms with Gasteiger partial charge in [0.15, 0.2) is 0 Å². The first-order chi connectivity index (χ1) is 11.4. The molecule has 0 aliphatic rings. The SMILES string of the molecule is NCCCN(Cc1ccccc1)S(=O)(=O)c1ccc([N+](=O)[O-])cc1. The van der Waals surface area contributed by atoms with Crippen LogP contribution in [0.5, 0.6) is 0 Å². The molecule has 2 rings (SSSR count). The van der Waals surface area contributed by atoms with Crippen molar-refractivity contribution < 1.29 is 13.3 Å². The number of non-ortho nitro benzene ring substituents is 1. The maximum Gasteiger partial charge on any atom is 0.269 e. The van der Waals surface area contributed by atoms with Crippen LogP contribution < -0.4 is 5.73 Å². The second-order valence-electron chi connectivity index (χ2n) is 5.22. The highest BCUT2D eigenvalue weighted by atomic mass is 32.2. The first-order valence-corrected chi connectivity index (χ1v) is 8.88. The van der Waals surface area contributed by atoms with E-state index in [-0.39, 0.29) is 23.7 Å². The van der Waals surface area contributed by atoms with E-state index in [4.69, 9.17) is 5.73 Å². The quantitative estimate of drug-likeness (QED) is 0.580. The number of nitrogens with two attached hydrogens (primary N) is 1. The van der Waals surface area contributed by atoms with Crippen molar-refractivity contribution in [2.24, 2.45) is 5.73 Å². The monoisotopic (exact) mass is 349 g/mol. The summed E-state index contributed by atoms with van der Waals surface area (Å²) in [7, 11) is -3.76. The third kappa shape index (κ3) is 4.38. The van der Waals surface area contributed by atoms with Crippen molar-refractivity contribution in [3.8, 4) is 0 Å². The molecule has 0 spiro atoms. The second kappa shape index (κ2) is 8.00. The van der Waals surface area contributed by atoms with Crippen molar-refractivity contribution in [1.29, 1.82) is 0 Å². The predicted octanol–water partition coefficient (Wildman–Crippen LogP) is 2.13. The topological polar surface area (TPSA) is 107 Å². The molecule has 0 fully saturated rings. The standard InChI is InChI=1S/C16H19N3O4S/c17-11-4-12-18(13-14-5-2-1-3-6-14)24(22,23)16-9-7-15(8-10-16)19(20)21/h1-3,5-10H,4,11-13,17H2. The Morgan fingerprint density at radius 1 is 1.04 bits per heavy atom. The lowest BCUT2D eigenvalue weighted by Crippen LogP contribution is -2.32. The number of hydrogen-bond acceptors (Lipinski definition) is 5. The van der Waals surface area contributed by atoms with Gasteiger partial charge in [0.2, 0.25) is 10.0 Å². The molecule has 0 saturated heterocycles. The molecule has 0 aliphatic heterocycles. The number of rotatable bonds is 8. The van der Waals surface area contributed by atoms with Crippen LogP contribution in [0.15, 0.2) is 59.5 Å². The van der Waals surface area contributed by atoms with Gasteiger partial charge in [-0.15, -0.1) is 0 Å². The summed E-state index contributed by atoms with van der Waals surface area (Å²) in [5, 5.41) is 10.7. The zero-order valence-electron chi connectivity index (χ0n) is 13.0. The van der Waals surface area contributed by atoms with Crippen LogP contribution in [-0.2, 0) is 16.6 Å². The van der Waals surface area contributed by atoms with Gasteiger partial charge in [-0.2, -0.15) is 4.31 Å². The van der Waals surface area contributed by atoms with E-state index >= 15 is 0 Å². The van der Waals surface area contributed by atoms with E-state index in [0.717, 1.165) is 5.56 Å². The molecule has 24 heavy (non-hydrogen) atoms. The largest absolute Gasteiger partial charge is 0.330 e. The molecular formula is C16H19N3O4S. The molecule has 0 aromatic heterocycles. The average Bonchev–Trinajstić information content (AvgIpc) is 2.59. The van der Waals surface area contributed by atoms with E-state index in [0.29, 0.717) is 13.0 Å². The van der Waals surface area contributed by atoms with Crippen LogP contribution in [0.2, 0.25) is 0 Å². The lowest BCUT2D eigenvalue weighted by molar-refractivity contribution is -0.384. The molecule has 2 aromatic carbocycles. The number of sulfonamides is 1. The summed E-state index contributed by atoms with van der Waals surface area (Å²) in [5.74, 6) is 0. The maximum absolute atomic E-state index is 12.8. The van der Waals surface area contributed by atoms with Gasteiger partial charge in [0.05, 0.1) is 9.82 Å². The Labute approximate surface area is 140 Å². The predicted molar refractivity (Wildman–Crippen MR) is 90.8 cm³/mol. The van der Waals surface area contributed by atoms with E-state index in [2.05, 4.69) is 0 Å². The zero-order chi connectivity index (χ0) is 17.6. The molecule has 0 aliphatic carbocycles. The molecule has 0 radical (unpaired) electrons. The lowest BCUT2D eigenvalue weighted by atomic mass is 10.2. The van der Waals surface area contributed by atoms with Gasteiger partial charge in [-0.25, -0.2) is 8.42 Å². The average molecular weight is 349 g/mol. The van der Waals surface area contributed by atoms with Crippen molar-refractivity contribution in [2.75, 3.05) is 13.1 Å². The van der Waals surface area contributed by atoms with E-state index < -0.39 is 14.9 Å². The van der Waals surface area contributed by atoms with Crippen LogP contribution in [0.4, 0.5) is 5.69 Å². The first kappa shape index (κ1) is 18.1. The molecule has 0 atom stereocenters. The maximum atomic E-state index is 12.8. The Balaban J connectivity index is 2.30. The highest BCUT2D eigenvalue weighted by molar-refractivity contribution is 7.89. The summed E-state index contributed by atoms with van der Waals surface area (Å²) in [6.45, 7) is 0.881. The van der Waals surface area contributed by atoms with Crippen LogP contribution in [0.3, 0.4) is 0 Å². The number of nitro benzene ring substituents is 1. The summed E-state index contributed by atoms with van der Waals surface area (Å²) in [6, 6.07) is 14.1. The number of nitro groups is 1. The van der Waals surface area contributed by atoms with E-state index in [1.54, 1.807) is 0 Å². The highest BCUT2D eigenvalue weighted by Gasteiger charge is 2.24. The van der Waals surface area contributed by atoms with Crippen LogP contribution in [0.1, 0.15) is 12.0 Å². The minimum absolute atomic E-state index is 0.0288. The fraction of sp³-hybridized carbons (Fsp3) is 0.250. The molecule has 0 saturated carbocycles. The molecule has 0 heterocycles. The normalized spacial score (nSPS) is 11.6. The molecule has 2 N–H and O–H groups in total. The Bertz CT molecular complexity index is 777. The number of nitrogens with zero attached hydrogens (tertiary/aromatic N) is 2. The van der Waals surface area contributed by atoms with Crippen molar-refractivity contribution in [3.05, 3.63) is 70.3 Å². The van der Waals surface area contributed by atoms with Crippen LogP contribution in [0, 0.1) is 10.1 Å². The van der Waals surface area contributed by atoms with Gasteiger partial charge in [-0.3, -0.25) is 10.1 Å². The third-order valence-corrected chi connectivity index (χ3v) is 5.36. The molecule has 8 heteroatoms. The molecular weight excluding hydrogens is 330 g/mol. The van der Waals surface area contributed by atoms with Gasteiger partial charge in [0.25, 0.3) is 5.69 Å². The van der Waals surface area contributed by atoms with Gasteiger partial charge in [0, 0.05) is 25.2 Å². The van der Waals surface area contributed by atoms with Crippen molar-refractivity contribution in [2.45, 2.75) is 17.9 Å².